The average Bonchev–Trinajstić information content (AvgIpc) is 2.96. The average molecular weight is 300 g/mol. The van der Waals surface area contributed by atoms with E-state index in [1.165, 1.54) is 11.3 Å². The lowest BCUT2D eigenvalue weighted by Crippen LogP contribution is -2.38. The molecule has 0 amide bonds. The van der Waals surface area contributed by atoms with Crippen LogP contribution in [-0.4, -0.2) is 31.9 Å². The number of thiophene rings is 1. The number of nitrogens with two attached hydrogens (primary N) is 1. The molecule has 3 unspecified atom stereocenters. The van der Waals surface area contributed by atoms with Crippen molar-refractivity contribution >= 4 is 21.4 Å². The van der Waals surface area contributed by atoms with Gasteiger partial charge in [-0.25, -0.2) is 8.42 Å². The number of nitrogens with zero attached hydrogens (tertiary/aromatic N) is 1. The molecule has 0 bridgehead atoms. The van der Waals surface area contributed by atoms with Crippen molar-refractivity contribution in [2.75, 3.05) is 13.1 Å². The van der Waals surface area contributed by atoms with Gasteiger partial charge < -0.3 is 5.73 Å². The van der Waals surface area contributed by atoms with Crippen LogP contribution in [0.2, 0.25) is 0 Å². The Morgan fingerprint density at radius 3 is 2.74 bits per heavy atom. The van der Waals surface area contributed by atoms with Gasteiger partial charge in [-0.15, -0.1) is 11.3 Å². The highest BCUT2D eigenvalue weighted by molar-refractivity contribution is 7.91. The van der Waals surface area contributed by atoms with Crippen LogP contribution < -0.4 is 5.73 Å². The van der Waals surface area contributed by atoms with Crippen LogP contribution in [-0.2, 0) is 10.0 Å². The predicted octanol–water partition coefficient (Wildman–Crippen LogP) is 1.80. The molecule has 0 aromatic carbocycles. The Bertz CT molecular complexity index is 567. The van der Waals surface area contributed by atoms with Gasteiger partial charge in [-0.3, -0.25) is 0 Å². The minimum absolute atomic E-state index is 0.170. The summed E-state index contributed by atoms with van der Waals surface area (Å²) in [5.41, 5.74) is 6.15. The van der Waals surface area contributed by atoms with E-state index in [0.717, 1.165) is 24.1 Å². The fourth-order valence-corrected chi connectivity index (χ4v) is 6.32. The largest absolute Gasteiger partial charge is 0.327 e. The summed E-state index contributed by atoms with van der Waals surface area (Å²) >= 11 is 1.35. The van der Waals surface area contributed by atoms with Gasteiger partial charge in [0.05, 0.1) is 0 Å². The van der Waals surface area contributed by atoms with Crippen molar-refractivity contribution in [1.82, 2.24) is 4.31 Å². The van der Waals surface area contributed by atoms with Crippen molar-refractivity contribution in [3.05, 3.63) is 17.0 Å². The minimum Gasteiger partial charge on any atom is -0.327 e. The van der Waals surface area contributed by atoms with Crippen LogP contribution in [0.15, 0.2) is 16.3 Å². The number of rotatable bonds is 2. The van der Waals surface area contributed by atoms with Gasteiger partial charge in [-0.05, 0) is 43.7 Å². The Kier molecular flexibility index (Phi) is 3.45. The first-order chi connectivity index (χ1) is 8.98. The SMILES string of the molecule is Cc1ccc(S(=O)(=O)N2CC3CCCC(N)C3C2)s1. The molecule has 1 aromatic heterocycles. The second kappa shape index (κ2) is 4.84. The second-order valence-corrected chi connectivity index (χ2v) is 9.16. The lowest BCUT2D eigenvalue weighted by molar-refractivity contribution is 0.260. The van der Waals surface area contributed by atoms with E-state index in [4.69, 9.17) is 5.73 Å². The molecule has 2 aliphatic rings. The van der Waals surface area contributed by atoms with Gasteiger partial charge in [0.15, 0.2) is 0 Å². The van der Waals surface area contributed by atoms with Crippen LogP contribution in [0.5, 0.6) is 0 Å². The summed E-state index contributed by atoms with van der Waals surface area (Å²) in [5, 5.41) is 0. The molecule has 2 N–H and O–H groups in total. The number of aryl methyl sites for hydroxylation is 1. The van der Waals surface area contributed by atoms with Crippen LogP contribution in [0.4, 0.5) is 0 Å². The van der Waals surface area contributed by atoms with E-state index in [2.05, 4.69) is 0 Å². The first-order valence-electron chi connectivity index (χ1n) is 6.80. The molecule has 0 radical (unpaired) electrons. The van der Waals surface area contributed by atoms with Gasteiger partial charge in [0, 0.05) is 24.0 Å². The van der Waals surface area contributed by atoms with Crippen molar-refractivity contribution in [2.45, 2.75) is 36.4 Å². The molecule has 1 saturated carbocycles. The summed E-state index contributed by atoms with van der Waals surface area (Å²) in [4.78, 5) is 1.03. The van der Waals surface area contributed by atoms with E-state index in [1.54, 1.807) is 10.4 Å². The lowest BCUT2D eigenvalue weighted by Gasteiger charge is -2.29. The molecular formula is C13H20N2O2S2. The maximum absolute atomic E-state index is 12.6. The second-order valence-electron chi connectivity index (χ2n) is 5.71. The summed E-state index contributed by atoms with van der Waals surface area (Å²) in [5.74, 6) is 0.809. The summed E-state index contributed by atoms with van der Waals surface area (Å²) in [6.45, 7) is 3.19. The maximum atomic E-state index is 12.6. The van der Waals surface area contributed by atoms with Crippen molar-refractivity contribution in [1.29, 1.82) is 0 Å². The van der Waals surface area contributed by atoms with Crippen molar-refractivity contribution in [2.24, 2.45) is 17.6 Å². The highest BCUT2D eigenvalue weighted by Crippen LogP contribution is 2.38. The smallest absolute Gasteiger partial charge is 0.252 e. The number of hydrogen-bond donors (Lipinski definition) is 1. The van der Waals surface area contributed by atoms with E-state index in [9.17, 15) is 8.42 Å². The van der Waals surface area contributed by atoms with Crippen molar-refractivity contribution in [3.63, 3.8) is 0 Å². The molecule has 1 aliphatic heterocycles. The molecule has 3 atom stereocenters. The van der Waals surface area contributed by atoms with Crippen LogP contribution >= 0.6 is 11.3 Å². The topological polar surface area (TPSA) is 63.4 Å². The molecule has 3 rings (SSSR count). The van der Waals surface area contributed by atoms with E-state index in [0.29, 0.717) is 29.1 Å². The monoisotopic (exact) mass is 300 g/mol. The molecule has 4 nitrogen and oxygen atoms in total. The molecule has 2 fully saturated rings. The highest BCUT2D eigenvalue weighted by Gasteiger charge is 2.43. The van der Waals surface area contributed by atoms with Gasteiger partial charge in [0.1, 0.15) is 4.21 Å². The van der Waals surface area contributed by atoms with E-state index < -0.39 is 10.0 Å². The fourth-order valence-electron chi connectivity index (χ4n) is 3.35. The third-order valence-corrected chi connectivity index (χ3v) is 7.73. The summed E-state index contributed by atoms with van der Waals surface area (Å²) in [7, 11) is -3.30. The fraction of sp³-hybridized carbons (Fsp3) is 0.692. The van der Waals surface area contributed by atoms with Gasteiger partial charge in [-0.2, -0.15) is 4.31 Å². The first kappa shape index (κ1) is 13.5. The van der Waals surface area contributed by atoms with Crippen LogP contribution in [0.1, 0.15) is 24.1 Å². The highest BCUT2D eigenvalue weighted by atomic mass is 32.2. The zero-order valence-electron chi connectivity index (χ0n) is 11.1. The Morgan fingerprint density at radius 1 is 1.32 bits per heavy atom. The van der Waals surface area contributed by atoms with E-state index >= 15 is 0 Å². The predicted molar refractivity (Wildman–Crippen MR) is 76.6 cm³/mol. The summed E-state index contributed by atoms with van der Waals surface area (Å²) in [6.07, 6.45) is 3.29. The van der Waals surface area contributed by atoms with Crippen LogP contribution in [0, 0.1) is 18.8 Å². The zero-order valence-corrected chi connectivity index (χ0v) is 12.7. The standard InChI is InChI=1S/C13H20N2O2S2/c1-9-5-6-13(18-9)19(16,17)15-7-10-3-2-4-12(14)11(10)8-15/h5-6,10-12H,2-4,7-8,14H2,1H3. The van der Waals surface area contributed by atoms with Gasteiger partial charge in [0.2, 0.25) is 0 Å². The number of hydrogen-bond acceptors (Lipinski definition) is 4. The van der Waals surface area contributed by atoms with Crippen molar-refractivity contribution in [3.8, 4) is 0 Å². The van der Waals surface area contributed by atoms with Crippen molar-refractivity contribution < 1.29 is 8.42 Å². The van der Waals surface area contributed by atoms with Crippen LogP contribution in [0.25, 0.3) is 0 Å². The zero-order chi connectivity index (χ0) is 13.6. The number of fused-ring (bicyclic) bond motifs is 1. The molecule has 6 heteroatoms. The molecule has 1 aromatic rings. The van der Waals surface area contributed by atoms with Crippen LogP contribution in [0.3, 0.4) is 0 Å². The molecular weight excluding hydrogens is 280 g/mol. The maximum Gasteiger partial charge on any atom is 0.252 e. The molecule has 2 heterocycles. The molecule has 19 heavy (non-hydrogen) atoms. The first-order valence-corrected chi connectivity index (χ1v) is 9.06. The normalized spacial score (nSPS) is 32.4. The van der Waals surface area contributed by atoms with Gasteiger partial charge >= 0.3 is 0 Å². The van der Waals surface area contributed by atoms with E-state index in [1.807, 2.05) is 13.0 Å². The number of sulfonamides is 1. The molecule has 106 valence electrons. The summed E-state index contributed by atoms with van der Waals surface area (Å²) < 4.78 is 27.3. The third kappa shape index (κ3) is 2.35. The Hall–Kier alpha value is -0.430. The molecule has 1 saturated heterocycles. The molecule has 0 spiro atoms. The molecule has 1 aliphatic carbocycles. The quantitative estimate of drug-likeness (QED) is 0.906. The third-order valence-electron chi connectivity index (χ3n) is 4.43. The van der Waals surface area contributed by atoms with Gasteiger partial charge in [0.25, 0.3) is 10.0 Å². The van der Waals surface area contributed by atoms with Gasteiger partial charge in [-0.1, -0.05) is 6.42 Å². The Labute approximate surface area is 118 Å². The Morgan fingerprint density at radius 2 is 2.11 bits per heavy atom. The summed E-state index contributed by atoms with van der Waals surface area (Å²) in [6, 6.07) is 3.76. The van der Waals surface area contributed by atoms with E-state index in [-0.39, 0.29) is 6.04 Å². The lowest BCUT2D eigenvalue weighted by atomic mass is 9.78. The minimum atomic E-state index is -3.30. The Balaban J connectivity index is 1.84.